The smallest absolute Gasteiger partial charge is 0.223 e. The summed E-state index contributed by atoms with van der Waals surface area (Å²) >= 11 is 0. The second kappa shape index (κ2) is 8.00. The van der Waals surface area contributed by atoms with Gasteiger partial charge in [0.15, 0.2) is 0 Å². The molecule has 1 heterocycles. The van der Waals surface area contributed by atoms with Crippen LogP contribution in [0.1, 0.15) is 24.5 Å². The lowest BCUT2D eigenvalue weighted by atomic mass is 10.1. The number of carbonyl (C=O) groups is 1. The molecular formula is C21H26N2O. The van der Waals surface area contributed by atoms with Crippen LogP contribution in [-0.4, -0.2) is 37.0 Å². The molecule has 1 fully saturated rings. The normalized spacial score (nSPS) is 14.7. The van der Waals surface area contributed by atoms with E-state index in [1.807, 2.05) is 23.1 Å². The van der Waals surface area contributed by atoms with E-state index in [4.69, 9.17) is 0 Å². The van der Waals surface area contributed by atoms with Crippen molar-refractivity contribution >= 4 is 11.6 Å². The molecule has 1 saturated heterocycles. The highest BCUT2D eigenvalue weighted by atomic mass is 16.2. The molecule has 0 unspecified atom stereocenters. The maximum atomic E-state index is 12.4. The van der Waals surface area contributed by atoms with Gasteiger partial charge in [-0.05, 0) is 36.1 Å². The summed E-state index contributed by atoms with van der Waals surface area (Å²) in [5.74, 6) is 0.278. The van der Waals surface area contributed by atoms with Gasteiger partial charge in [0, 0.05) is 38.3 Å². The summed E-state index contributed by atoms with van der Waals surface area (Å²) in [6, 6.07) is 19.1. The molecule has 0 spiro atoms. The van der Waals surface area contributed by atoms with E-state index in [2.05, 4.69) is 48.2 Å². The highest BCUT2D eigenvalue weighted by Crippen LogP contribution is 2.18. The van der Waals surface area contributed by atoms with Crippen molar-refractivity contribution in [3.05, 3.63) is 65.7 Å². The molecule has 0 atom stereocenters. The molecule has 24 heavy (non-hydrogen) atoms. The first-order chi connectivity index (χ1) is 11.8. The molecule has 3 heteroatoms. The van der Waals surface area contributed by atoms with Gasteiger partial charge < -0.3 is 9.80 Å². The molecule has 0 bridgehead atoms. The van der Waals surface area contributed by atoms with Crippen molar-refractivity contribution in [2.75, 3.05) is 31.1 Å². The minimum atomic E-state index is 0.278. The second-order valence-corrected chi connectivity index (χ2v) is 6.37. The maximum absolute atomic E-state index is 12.4. The standard InChI is InChI=1S/C21H26N2O/c1-2-18-8-11-20(12-9-18)22-14-16-23(17-15-22)21(24)13-10-19-6-4-3-5-7-19/h3-9,11-12H,2,10,13-17H2,1H3. The van der Waals surface area contributed by atoms with Crippen LogP contribution < -0.4 is 4.90 Å². The minimum Gasteiger partial charge on any atom is -0.368 e. The number of piperazine rings is 1. The Bertz CT molecular complexity index is 643. The number of anilines is 1. The summed E-state index contributed by atoms with van der Waals surface area (Å²) < 4.78 is 0. The van der Waals surface area contributed by atoms with Crippen LogP contribution >= 0.6 is 0 Å². The Labute approximate surface area is 144 Å². The molecule has 0 radical (unpaired) electrons. The average Bonchev–Trinajstić information content (AvgIpc) is 2.67. The fourth-order valence-corrected chi connectivity index (χ4v) is 3.21. The first-order valence-electron chi connectivity index (χ1n) is 8.92. The Balaban J connectivity index is 1.48. The van der Waals surface area contributed by atoms with Crippen LogP contribution in [0.25, 0.3) is 0 Å². The second-order valence-electron chi connectivity index (χ2n) is 6.37. The molecule has 1 aliphatic rings. The molecule has 126 valence electrons. The Morgan fingerprint density at radius 3 is 2.17 bits per heavy atom. The molecule has 0 aromatic heterocycles. The van der Waals surface area contributed by atoms with E-state index in [9.17, 15) is 4.79 Å². The van der Waals surface area contributed by atoms with Crippen molar-refractivity contribution in [2.45, 2.75) is 26.2 Å². The van der Waals surface area contributed by atoms with Gasteiger partial charge in [0.25, 0.3) is 0 Å². The molecule has 0 saturated carbocycles. The van der Waals surface area contributed by atoms with Crippen LogP contribution in [-0.2, 0) is 17.6 Å². The quantitative estimate of drug-likeness (QED) is 0.841. The van der Waals surface area contributed by atoms with Crippen LogP contribution in [0.2, 0.25) is 0 Å². The Morgan fingerprint density at radius 1 is 0.875 bits per heavy atom. The third kappa shape index (κ3) is 4.16. The number of rotatable bonds is 5. The molecule has 0 N–H and O–H groups in total. The summed E-state index contributed by atoms with van der Waals surface area (Å²) in [6.07, 6.45) is 2.51. The van der Waals surface area contributed by atoms with Crippen molar-refractivity contribution in [2.24, 2.45) is 0 Å². The van der Waals surface area contributed by atoms with Gasteiger partial charge in [-0.2, -0.15) is 0 Å². The van der Waals surface area contributed by atoms with Crippen LogP contribution in [0.5, 0.6) is 0 Å². The van der Waals surface area contributed by atoms with Crippen molar-refractivity contribution < 1.29 is 4.79 Å². The Morgan fingerprint density at radius 2 is 1.54 bits per heavy atom. The zero-order valence-electron chi connectivity index (χ0n) is 14.4. The predicted molar refractivity (Wildman–Crippen MR) is 99.4 cm³/mol. The summed E-state index contributed by atoms with van der Waals surface area (Å²) in [5, 5.41) is 0. The van der Waals surface area contributed by atoms with Crippen molar-refractivity contribution in [3.63, 3.8) is 0 Å². The van der Waals surface area contributed by atoms with E-state index in [0.717, 1.165) is 39.0 Å². The first-order valence-corrected chi connectivity index (χ1v) is 8.92. The summed E-state index contributed by atoms with van der Waals surface area (Å²) in [7, 11) is 0. The average molecular weight is 322 g/mol. The fourth-order valence-electron chi connectivity index (χ4n) is 3.21. The van der Waals surface area contributed by atoms with Gasteiger partial charge in [0.2, 0.25) is 5.91 Å². The molecule has 2 aromatic rings. The van der Waals surface area contributed by atoms with E-state index in [0.29, 0.717) is 6.42 Å². The van der Waals surface area contributed by atoms with Gasteiger partial charge in [-0.1, -0.05) is 49.4 Å². The summed E-state index contributed by atoms with van der Waals surface area (Å²) in [4.78, 5) is 16.8. The lowest BCUT2D eigenvalue weighted by molar-refractivity contribution is -0.131. The Hall–Kier alpha value is -2.29. The van der Waals surface area contributed by atoms with E-state index < -0.39 is 0 Å². The van der Waals surface area contributed by atoms with Gasteiger partial charge >= 0.3 is 0 Å². The van der Waals surface area contributed by atoms with Crippen LogP contribution in [0.4, 0.5) is 5.69 Å². The fraction of sp³-hybridized carbons (Fsp3) is 0.381. The number of amides is 1. The van der Waals surface area contributed by atoms with E-state index >= 15 is 0 Å². The van der Waals surface area contributed by atoms with E-state index in [1.54, 1.807) is 0 Å². The van der Waals surface area contributed by atoms with Crippen molar-refractivity contribution in [3.8, 4) is 0 Å². The lowest BCUT2D eigenvalue weighted by Crippen LogP contribution is -2.48. The van der Waals surface area contributed by atoms with Crippen molar-refractivity contribution in [1.29, 1.82) is 0 Å². The summed E-state index contributed by atoms with van der Waals surface area (Å²) in [6.45, 7) is 5.66. The largest absolute Gasteiger partial charge is 0.368 e. The Kier molecular flexibility index (Phi) is 5.52. The number of hydrogen-bond donors (Lipinski definition) is 0. The molecular weight excluding hydrogens is 296 g/mol. The molecule has 3 nitrogen and oxygen atoms in total. The van der Waals surface area contributed by atoms with Gasteiger partial charge in [-0.3, -0.25) is 4.79 Å². The molecule has 2 aromatic carbocycles. The zero-order chi connectivity index (χ0) is 16.8. The number of benzene rings is 2. The monoisotopic (exact) mass is 322 g/mol. The SMILES string of the molecule is CCc1ccc(N2CCN(C(=O)CCc3ccccc3)CC2)cc1. The van der Waals surface area contributed by atoms with Crippen molar-refractivity contribution in [1.82, 2.24) is 4.90 Å². The topological polar surface area (TPSA) is 23.6 Å². The molecule has 1 aliphatic heterocycles. The van der Waals surface area contributed by atoms with Gasteiger partial charge in [0.05, 0.1) is 0 Å². The van der Waals surface area contributed by atoms with Crippen LogP contribution in [0.15, 0.2) is 54.6 Å². The number of carbonyl (C=O) groups excluding carboxylic acids is 1. The maximum Gasteiger partial charge on any atom is 0.223 e. The molecule has 1 amide bonds. The van der Waals surface area contributed by atoms with E-state index in [-0.39, 0.29) is 5.91 Å². The zero-order valence-corrected chi connectivity index (χ0v) is 14.4. The molecule has 3 rings (SSSR count). The highest BCUT2D eigenvalue weighted by Gasteiger charge is 2.20. The third-order valence-electron chi connectivity index (χ3n) is 4.81. The lowest BCUT2D eigenvalue weighted by Gasteiger charge is -2.36. The predicted octanol–water partition coefficient (Wildman–Crippen LogP) is 3.53. The van der Waals surface area contributed by atoms with Crippen LogP contribution in [0, 0.1) is 0 Å². The van der Waals surface area contributed by atoms with Gasteiger partial charge in [-0.15, -0.1) is 0 Å². The third-order valence-corrected chi connectivity index (χ3v) is 4.81. The number of nitrogens with zero attached hydrogens (tertiary/aromatic N) is 2. The van der Waals surface area contributed by atoms with E-state index in [1.165, 1.54) is 16.8 Å². The minimum absolute atomic E-state index is 0.278. The first kappa shape index (κ1) is 16.6. The van der Waals surface area contributed by atoms with Gasteiger partial charge in [0.1, 0.15) is 0 Å². The number of aryl methyl sites for hydroxylation is 2. The highest BCUT2D eigenvalue weighted by molar-refractivity contribution is 5.76. The van der Waals surface area contributed by atoms with Crippen LogP contribution in [0.3, 0.4) is 0 Å². The summed E-state index contributed by atoms with van der Waals surface area (Å²) in [5.41, 5.74) is 3.87. The number of hydrogen-bond acceptors (Lipinski definition) is 2. The molecule has 0 aliphatic carbocycles. The van der Waals surface area contributed by atoms with Gasteiger partial charge in [-0.25, -0.2) is 0 Å².